The molecule has 128 valence electrons. The van der Waals surface area contributed by atoms with E-state index in [1.54, 1.807) is 24.3 Å². The molecule has 0 aliphatic carbocycles. The molecule has 7 heteroatoms. The number of benzene rings is 2. The van der Waals surface area contributed by atoms with Gasteiger partial charge in [-0.1, -0.05) is 34.8 Å². The van der Waals surface area contributed by atoms with Gasteiger partial charge >= 0.3 is 0 Å². The van der Waals surface area contributed by atoms with Crippen molar-refractivity contribution in [2.24, 2.45) is 0 Å². The van der Waals surface area contributed by atoms with Gasteiger partial charge in [0.15, 0.2) is 11.5 Å². The Bertz CT molecular complexity index is 750. The van der Waals surface area contributed by atoms with E-state index < -0.39 is 0 Å². The summed E-state index contributed by atoms with van der Waals surface area (Å²) >= 11 is 18.2. The van der Waals surface area contributed by atoms with Crippen LogP contribution in [0.5, 0.6) is 11.5 Å². The molecule has 1 amide bonds. The van der Waals surface area contributed by atoms with Crippen molar-refractivity contribution in [2.45, 2.75) is 13.8 Å². The van der Waals surface area contributed by atoms with Crippen LogP contribution in [0.3, 0.4) is 0 Å². The van der Waals surface area contributed by atoms with Crippen LogP contribution in [0.15, 0.2) is 30.3 Å². The first-order chi connectivity index (χ1) is 11.5. The minimum absolute atomic E-state index is 0.296. The molecule has 0 aromatic heterocycles. The number of hydrogen-bond donors (Lipinski definition) is 1. The molecule has 0 aliphatic rings. The molecule has 0 saturated carbocycles. The minimum atomic E-state index is -0.384. The molecule has 1 N–H and O–H groups in total. The van der Waals surface area contributed by atoms with Gasteiger partial charge in [-0.2, -0.15) is 0 Å². The van der Waals surface area contributed by atoms with Crippen LogP contribution in [0.25, 0.3) is 0 Å². The SMILES string of the molecule is CCOc1cc(C(=O)Nc2cc(Cl)ccc2Cl)cc(Cl)c1OCC. The first-order valence-electron chi connectivity index (χ1n) is 7.31. The van der Waals surface area contributed by atoms with Crippen molar-refractivity contribution in [3.8, 4) is 11.5 Å². The molecule has 2 rings (SSSR count). The van der Waals surface area contributed by atoms with Gasteiger partial charge in [0.1, 0.15) is 0 Å². The Hall–Kier alpha value is -1.62. The van der Waals surface area contributed by atoms with Gasteiger partial charge in [0.2, 0.25) is 0 Å². The fraction of sp³-hybridized carbons (Fsp3) is 0.235. The monoisotopic (exact) mass is 387 g/mol. The Morgan fingerprint density at radius 3 is 2.38 bits per heavy atom. The van der Waals surface area contributed by atoms with Crippen molar-refractivity contribution in [2.75, 3.05) is 18.5 Å². The summed E-state index contributed by atoms with van der Waals surface area (Å²) in [5, 5.41) is 3.85. The molecule has 0 spiro atoms. The van der Waals surface area contributed by atoms with Gasteiger partial charge in [0.25, 0.3) is 5.91 Å². The van der Waals surface area contributed by atoms with E-state index in [4.69, 9.17) is 44.3 Å². The largest absolute Gasteiger partial charge is 0.490 e. The summed E-state index contributed by atoms with van der Waals surface area (Å²) in [6.45, 7) is 4.53. The summed E-state index contributed by atoms with van der Waals surface area (Å²) in [5.74, 6) is 0.442. The normalized spacial score (nSPS) is 10.4. The number of ether oxygens (including phenoxy) is 2. The van der Waals surface area contributed by atoms with E-state index in [0.717, 1.165) is 0 Å². The number of amides is 1. The topological polar surface area (TPSA) is 47.6 Å². The summed E-state index contributed by atoms with van der Waals surface area (Å²) in [7, 11) is 0. The lowest BCUT2D eigenvalue weighted by atomic mass is 10.1. The number of hydrogen-bond acceptors (Lipinski definition) is 3. The molecule has 0 heterocycles. The van der Waals surface area contributed by atoms with E-state index in [1.165, 1.54) is 6.07 Å². The maximum absolute atomic E-state index is 12.5. The van der Waals surface area contributed by atoms with Crippen LogP contribution in [0.2, 0.25) is 15.1 Å². The average Bonchev–Trinajstić information content (AvgIpc) is 2.54. The number of anilines is 1. The smallest absolute Gasteiger partial charge is 0.255 e. The Balaban J connectivity index is 2.33. The quantitative estimate of drug-likeness (QED) is 0.691. The Morgan fingerprint density at radius 2 is 1.71 bits per heavy atom. The van der Waals surface area contributed by atoms with Crippen LogP contribution in [0.4, 0.5) is 5.69 Å². The Morgan fingerprint density at radius 1 is 1.00 bits per heavy atom. The summed E-state index contributed by atoms with van der Waals surface area (Å²) in [6.07, 6.45) is 0. The standard InChI is InChI=1S/C17H16Cl3NO3/c1-3-23-15-8-10(7-13(20)16(15)24-4-2)17(22)21-14-9-11(18)5-6-12(14)19/h5-9H,3-4H2,1-2H3,(H,21,22). The lowest BCUT2D eigenvalue weighted by Gasteiger charge is -2.14. The summed E-state index contributed by atoms with van der Waals surface area (Å²) in [4.78, 5) is 12.5. The molecule has 0 bridgehead atoms. The summed E-state index contributed by atoms with van der Waals surface area (Å²) < 4.78 is 11.0. The van der Waals surface area contributed by atoms with Crippen LogP contribution < -0.4 is 14.8 Å². The molecular formula is C17H16Cl3NO3. The van der Waals surface area contributed by atoms with E-state index in [2.05, 4.69) is 5.32 Å². The second-order valence-corrected chi connectivity index (χ2v) is 5.98. The van der Waals surface area contributed by atoms with Gasteiger partial charge in [-0.15, -0.1) is 0 Å². The van der Waals surface area contributed by atoms with Gasteiger partial charge < -0.3 is 14.8 Å². The minimum Gasteiger partial charge on any atom is -0.490 e. The van der Waals surface area contributed by atoms with E-state index in [-0.39, 0.29) is 5.91 Å². The van der Waals surface area contributed by atoms with Crippen LogP contribution in [0, 0.1) is 0 Å². The van der Waals surface area contributed by atoms with Crippen LogP contribution in [-0.2, 0) is 0 Å². The Kier molecular flexibility index (Phi) is 6.60. The van der Waals surface area contributed by atoms with Crippen LogP contribution in [0.1, 0.15) is 24.2 Å². The fourth-order valence-corrected chi connectivity index (χ4v) is 2.64. The first-order valence-corrected chi connectivity index (χ1v) is 8.45. The third kappa shape index (κ3) is 4.47. The average molecular weight is 389 g/mol. The molecule has 0 fully saturated rings. The zero-order chi connectivity index (χ0) is 17.7. The molecule has 2 aromatic carbocycles. The van der Waals surface area contributed by atoms with E-state index in [9.17, 15) is 4.79 Å². The van der Waals surface area contributed by atoms with Gasteiger partial charge in [-0.05, 0) is 44.2 Å². The molecule has 0 unspecified atom stereocenters. The Labute approximate surface area is 155 Å². The molecule has 0 saturated heterocycles. The second kappa shape index (κ2) is 8.47. The highest BCUT2D eigenvalue weighted by atomic mass is 35.5. The number of halogens is 3. The molecule has 0 atom stereocenters. The van der Waals surface area contributed by atoms with Crippen molar-refractivity contribution < 1.29 is 14.3 Å². The zero-order valence-corrected chi connectivity index (χ0v) is 15.4. The molecule has 2 aromatic rings. The summed E-state index contributed by atoms with van der Waals surface area (Å²) in [5.41, 5.74) is 0.736. The zero-order valence-electron chi connectivity index (χ0n) is 13.2. The molecule has 0 aliphatic heterocycles. The van der Waals surface area contributed by atoms with Crippen LogP contribution >= 0.6 is 34.8 Å². The second-order valence-electron chi connectivity index (χ2n) is 4.73. The third-order valence-electron chi connectivity index (χ3n) is 3.04. The highest BCUT2D eigenvalue weighted by Gasteiger charge is 2.17. The lowest BCUT2D eigenvalue weighted by molar-refractivity contribution is 0.102. The van der Waals surface area contributed by atoms with Crippen molar-refractivity contribution in [1.82, 2.24) is 0 Å². The maximum atomic E-state index is 12.5. The third-order valence-corrected chi connectivity index (χ3v) is 3.88. The number of rotatable bonds is 6. The first kappa shape index (κ1) is 18.7. The number of carbonyl (C=O) groups is 1. The van der Waals surface area contributed by atoms with E-state index >= 15 is 0 Å². The van der Waals surface area contributed by atoms with Gasteiger partial charge in [-0.25, -0.2) is 0 Å². The van der Waals surface area contributed by atoms with Crippen molar-refractivity contribution in [3.05, 3.63) is 51.0 Å². The van der Waals surface area contributed by atoms with Gasteiger partial charge in [-0.3, -0.25) is 4.79 Å². The highest BCUT2D eigenvalue weighted by Crippen LogP contribution is 2.37. The van der Waals surface area contributed by atoms with Crippen molar-refractivity contribution in [3.63, 3.8) is 0 Å². The van der Waals surface area contributed by atoms with Crippen LogP contribution in [-0.4, -0.2) is 19.1 Å². The molecular weight excluding hydrogens is 373 g/mol. The van der Waals surface area contributed by atoms with Crippen molar-refractivity contribution in [1.29, 1.82) is 0 Å². The summed E-state index contributed by atoms with van der Waals surface area (Å²) in [6, 6.07) is 7.91. The predicted octanol–water partition coefficient (Wildman–Crippen LogP) is 5.70. The maximum Gasteiger partial charge on any atom is 0.255 e. The highest BCUT2D eigenvalue weighted by molar-refractivity contribution is 6.36. The molecule has 24 heavy (non-hydrogen) atoms. The predicted molar refractivity (Wildman–Crippen MR) is 98.2 cm³/mol. The van der Waals surface area contributed by atoms with Gasteiger partial charge in [0, 0.05) is 10.6 Å². The van der Waals surface area contributed by atoms with Crippen molar-refractivity contribution >= 4 is 46.4 Å². The number of carbonyl (C=O) groups excluding carboxylic acids is 1. The fourth-order valence-electron chi connectivity index (χ4n) is 2.03. The van der Waals surface area contributed by atoms with E-state index in [1.807, 2.05) is 13.8 Å². The van der Waals surface area contributed by atoms with E-state index in [0.29, 0.717) is 51.0 Å². The lowest BCUT2D eigenvalue weighted by Crippen LogP contribution is -2.13. The number of nitrogens with one attached hydrogen (secondary N) is 1. The molecule has 0 radical (unpaired) electrons. The van der Waals surface area contributed by atoms with Gasteiger partial charge in [0.05, 0.1) is 28.9 Å². The molecule has 4 nitrogen and oxygen atoms in total.